The average molecular weight is 218 g/mol. The highest BCUT2D eigenvalue weighted by molar-refractivity contribution is 5.83. The van der Waals surface area contributed by atoms with Crippen molar-refractivity contribution < 1.29 is 19.8 Å². The lowest BCUT2D eigenvalue weighted by molar-refractivity contribution is -0.142. The maximum Gasteiger partial charge on any atom is 0.328 e. The van der Waals surface area contributed by atoms with Crippen LogP contribution in [-0.4, -0.2) is 47.3 Å². The van der Waals surface area contributed by atoms with Crippen molar-refractivity contribution in [1.29, 1.82) is 0 Å². The summed E-state index contributed by atoms with van der Waals surface area (Å²) in [6.45, 7) is 3.79. The molecule has 0 heterocycles. The van der Waals surface area contributed by atoms with Crippen molar-refractivity contribution in [2.45, 2.75) is 32.4 Å². The van der Waals surface area contributed by atoms with Crippen LogP contribution in [0.15, 0.2) is 0 Å². The van der Waals surface area contributed by atoms with E-state index >= 15 is 0 Å². The van der Waals surface area contributed by atoms with Crippen LogP contribution in [0.3, 0.4) is 0 Å². The molecule has 0 saturated heterocycles. The van der Waals surface area contributed by atoms with E-state index in [1.165, 1.54) is 0 Å². The predicted molar refractivity (Wildman–Crippen MR) is 54.4 cm³/mol. The number of carboxylic acids is 1. The Hall–Kier alpha value is -1.14. The summed E-state index contributed by atoms with van der Waals surface area (Å²) in [5.41, 5.74) is 0. The highest BCUT2D eigenvalue weighted by atomic mass is 16.4. The lowest BCUT2D eigenvalue weighted by atomic mass is 10.3. The lowest BCUT2D eigenvalue weighted by Gasteiger charge is -2.12. The van der Waals surface area contributed by atoms with E-state index in [2.05, 4.69) is 10.6 Å². The summed E-state index contributed by atoms with van der Waals surface area (Å²) < 4.78 is 0. The first kappa shape index (κ1) is 13.9. The first-order valence-corrected chi connectivity index (χ1v) is 4.83. The van der Waals surface area contributed by atoms with Crippen LogP contribution in [0, 0.1) is 0 Å². The standard InChI is InChI=1S/C9H18N2O4/c1-6(2)10-4-3-8(13)11-7(5-12)9(14)15/h6-7,10,12H,3-5H2,1-2H3,(H,11,13)(H,14,15)/t7-/m0/s1. The zero-order chi connectivity index (χ0) is 11.8. The number of hydrogen-bond acceptors (Lipinski definition) is 4. The Balaban J connectivity index is 3.77. The Labute approximate surface area is 88.7 Å². The Bertz CT molecular complexity index is 218. The smallest absolute Gasteiger partial charge is 0.328 e. The summed E-state index contributed by atoms with van der Waals surface area (Å²) in [6.07, 6.45) is 0.196. The summed E-state index contributed by atoms with van der Waals surface area (Å²) >= 11 is 0. The van der Waals surface area contributed by atoms with Crippen LogP contribution in [0.2, 0.25) is 0 Å². The molecule has 15 heavy (non-hydrogen) atoms. The summed E-state index contributed by atoms with van der Waals surface area (Å²) in [4.78, 5) is 21.6. The number of carboxylic acid groups (broad SMARTS) is 1. The fourth-order valence-corrected chi connectivity index (χ4v) is 0.926. The van der Waals surface area contributed by atoms with Gasteiger partial charge in [-0.3, -0.25) is 4.79 Å². The zero-order valence-electron chi connectivity index (χ0n) is 8.99. The Morgan fingerprint density at radius 3 is 2.33 bits per heavy atom. The fourth-order valence-electron chi connectivity index (χ4n) is 0.926. The second-order valence-corrected chi connectivity index (χ2v) is 3.50. The number of carbonyl (C=O) groups excluding carboxylic acids is 1. The van der Waals surface area contributed by atoms with E-state index in [1.54, 1.807) is 0 Å². The molecule has 0 spiro atoms. The molecule has 0 aliphatic heterocycles. The summed E-state index contributed by atoms with van der Waals surface area (Å²) in [7, 11) is 0. The highest BCUT2D eigenvalue weighted by Gasteiger charge is 2.17. The third kappa shape index (κ3) is 6.87. The van der Waals surface area contributed by atoms with Crippen molar-refractivity contribution in [2.24, 2.45) is 0 Å². The maximum atomic E-state index is 11.2. The molecule has 0 unspecified atom stereocenters. The van der Waals surface area contributed by atoms with E-state index in [0.717, 1.165) is 0 Å². The first-order valence-electron chi connectivity index (χ1n) is 4.83. The van der Waals surface area contributed by atoms with Crippen molar-refractivity contribution >= 4 is 11.9 Å². The molecule has 0 aliphatic rings. The number of hydrogen-bond donors (Lipinski definition) is 4. The highest BCUT2D eigenvalue weighted by Crippen LogP contribution is 1.86. The van der Waals surface area contributed by atoms with Crippen molar-refractivity contribution in [3.63, 3.8) is 0 Å². The molecule has 0 fully saturated rings. The molecular formula is C9H18N2O4. The van der Waals surface area contributed by atoms with Gasteiger partial charge in [-0.25, -0.2) is 4.79 Å². The van der Waals surface area contributed by atoms with E-state index < -0.39 is 18.6 Å². The minimum absolute atomic E-state index is 0.196. The van der Waals surface area contributed by atoms with Crippen LogP contribution < -0.4 is 10.6 Å². The predicted octanol–water partition coefficient (Wildman–Crippen LogP) is -1.06. The van der Waals surface area contributed by atoms with Crippen LogP contribution in [-0.2, 0) is 9.59 Å². The van der Waals surface area contributed by atoms with Gasteiger partial charge in [0.1, 0.15) is 6.04 Å². The Morgan fingerprint density at radius 2 is 1.93 bits per heavy atom. The lowest BCUT2D eigenvalue weighted by Crippen LogP contribution is -2.44. The maximum absolute atomic E-state index is 11.2. The van der Waals surface area contributed by atoms with E-state index in [-0.39, 0.29) is 18.4 Å². The fraction of sp³-hybridized carbons (Fsp3) is 0.778. The van der Waals surface area contributed by atoms with E-state index in [4.69, 9.17) is 10.2 Å². The molecule has 0 bridgehead atoms. The topological polar surface area (TPSA) is 98.7 Å². The number of nitrogens with one attached hydrogen (secondary N) is 2. The van der Waals surface area contributed by atoms with Gasteiger partial charge >= 0.3 is 5.97 Å². The average Bonchev–Trinajstić information content (AvgIpc) is 2.13. The SMILES string of the molecule is CC(C)NCCC(=O)N[C@@H](CO)C(=O)O. The van der Waals surface area contributed by atoms with Gasteiger partial charge in [0, 0.05) is 19.0 Å². The second kappa shape index (κ2) is 7.19. The van der Waals surface area contributed by atoms with Crippen molar-refractivity contribution in [3.05, 3.63) is 0 Å². The van der Waals surface area contributed by atoms with Gasteiger partial charge in [-0.1, -0.05) is 13.8 Å². The van der Waals surface area contributed by atoms with Crippen LogP contribution >= 0.6 is 0 Å². The molecule has 0 saturated carbocycles. The molecule has 1 amide bonds. The number of carbonyl (C=O) groups is 2. The molecule has 0 aromatic carbocycles. The normalized spacial score (nSPS) is 12.5. The van der Waals surface area contributed by atoms with Gasteiger partial charge in [-0.05, 0) is 0 Å². The van der Waals surface area contributed by atoms with E-state index in [0.29, 0.717) is 6.54 Å². The molecule has 0 aromatic rings. The van der Waals surface area contributed by atoms with Crippen LogP contribution in [0.5, 0.6) is 0 Å². The monoisotopic (exact) mass is 218 g/mol. The number of amides is 1. The van der Waals surface area contributed by atoms with Gasteiger partial charge in [0.25, 0.3) is 0 Å². The molecule has 0 rings (SSSR count). The van der Waals surface area contributed by atoms with Crippen molar-refractivity contribution in [1.82, 2.24) is 10.6 Å². The summed E-state index contributed by atoms with van der Waals surface area (Å²) in [6, 6.07) is -0.928. The third-order valence-electron chi connectivity index (χ3n) is 1.72. The second-order valence-electron chi connectivity index (χ2n) is 3.50. The van der Waals surface area contributed by atoms with Crippen molar-refractivity contribution in [2.75, 3.05) is 13.2 Å². The molecule has 6 nitrogen and oxygen atoms in total. The quantitative estimate of drug-likeness (QED) is 0.436. The van der Waals surface area contributed by atoms with Gasteiger partial charge in [0.15, 0.2) is 0 Å². The number of aliphatic hydroxyl groups is 1. The first-order chi connectivity index (χ1) is 6.97. The minimum Gasteiger partial charge on any atom is -0.480 e. The summed E-state index contributed by atoms with van der Waals surface area (Å²) in [5.74, 6) is -1.62. The van der Waals surface area contributed by atoms with Gasteiger partial charge in [-0.15, -0.1) is 0 Å². The summed E-state index contributed by atoms with van der Waals surface area (Å²) in [5, 5.41) is 22.4. The third-order valence-corrected chi connectivity index (χ3v) is 1.72. The van der Waals surface area contributed by atoms with Gasteiger partial charge < -0.3 is 20.8 Å². The van der Waals surface area contributed by atoms with Crippen molar-refractivity contribution in [3.8, 4) is 0 Å². The Morgan fingerprint density at radius 1 is 1.33 bits per heavy atom. The van der Waals surface area contributed by atoms with Crippen LogP contribution in [0.1, 0.15) is 20.3 Å². The largest absolute Gasteiger partial charge is 0.480 e. The molecule has 4 N–H and O–H groups in total. The molecule has 1 atom stereocenters. The van der Waals surface area contributed by atoms with E-state index in [9.17, 15) is 9.59 Å². The molecule has 0 aliphatic carbocycles. The number of rotatable bonds is 7. The molecule has 88 valence electrons. The van der Waals surface area contributed by atoms with Gasteiger partial charge in [0.05, 0.1) is 6.61 Å². The number of aliphatic hydroxyl groups excluding tert-OH is 1. The zero-order valence-corrected chi connectivity index (χ0v) is 8.99. The minimum atomic E-state index is -1.23. The molecule has 0 radical (unpaired) electrons. The number of aliphatic carboxylic acids is 1. The van der Waals surface area contributed by atoms with Crippen LogP contribution in [0.4, 0.5) is 0 Å². The van der Waals surface area contributed by atoms with Gasteiger partial charge in [-0.2, -0.15) is 0 Å². The molecular weight excluding hydrogens is 200 g/mol. The van der Waals surface area contributed by atoms with Crippen LogP contribution in [0.25, 0.3) is 0 Å². The van der Waals surface area contributed by atoms with Gasteiger partial charge in [0.2, 0.25) is 5.91 Å². The molecule has 6 heteroatoms. The van der Waals surface area contributed by atoms with E-state index in [1.807, 2.05) is 13.8 Å². The Kier molecular flexibility index (Phi) is 6.64. The molecule has 0 aromatic heterocycles.